The molecule has 0 amide bonds. The predicted octanol–water partition coefficient (Wildman–Crippen LogP) is 4.91. The molecule has 100 valence electrons. The molecule has 0 aliphatic carbocycles. The molecule has 1 N–H and O–H groups in total. The smallest absolute Gasteiger partial charge is 0.146 e. The van der Waals surface area contributed by atoms with Gasteiger partial charge in [-0.25, -0.2) is 0 Å². The van der Waals surface area contributed by atoms with Crippen LogP contribution in [0.5, 0.6) is 11.5 Å². The van der Waals surface area contributed by atoms with Crippen molar-refractivity contribution in [1.29, 1.82) is 0 Å². The molecule has 2 aromatic rings. The van der Waals surface area contributed by atoms with E-state index >= 15 is 0 Å². The predicted molar refractivity (Wildman–Crippen MR) is 80.4 cm³/mol. The summed E-state index contributed by atoms with van der Waals surface area (Å²) in [6.07, 6.45) is 1.49. The molecule has 0 radical (unpaired) electrons. The van der Waals surface area contributed by atoms with Gasteiger partial charge in [-0.3, -0.25) is 0 Å². The van der Waals surface area contributed by atoms with E-state index in [9.17, 15) is 5.11 Å². The van der Waals surface area contributed by atoms with Crippen LogP contribution in [0.4, 0.5) is 0 Å². The Morgan fingerprint density at radius 2 is 1.84 bits per heavy atom. The minimum absolute atomic E-state index is 0.493. The highest BCUT2D eigenvalue weighted by Gasteiger charge is 2.07. The van der Waals surface area contributed by atoms with Gasteiger partial charge in [-0.1, -0.05) is 17.7 Å². The Hall–Kier alpha value is -1.16. The fourth-order valence-corrected chi connectivity index (χ4v) is 2.27. The van der Waals surface area contributed by atoms with Crippen molar-refractivity contribution in [3.8, 4) is 11.5 Å². The Morgan fingerprint density at radius 1 is 1.16 bits per heavy atom. The first-order valence-electron chi connectivity index (χ1n) is 5.89. The van der Waals surface area contributed by atoms with Gasteiger partial charge in [0.15, 0.2) is 0 Å². The molecule has 1 atom stereocenters. The molecule has 2 rings (SSSR count). The summed E-state index contributed by atoms with van der Waals surface area (Å²) in [4.78, 5) is 1.18. The summed E-state index contributed by atoms with van der Waals surface area (Å²) in [6, 6.07) is 13.1. The maximum atomic E-state index is 9.48. The maximum Gasteiger partial charge on any atom is 0.146 e. The molecule has 0 saturated carbocycles. The van der Waals surface area contributed by atoms with Gasteiger partial charge in [0.25, 0.3) is 0 Å². The third-order valence-corrected chi connectivity index (χ3v) is 3.76. The molecule has 0 aliphatic rings. The van der Waals surface area contributed by atoms with E-state index in [-0.39, 0.29) is 0 Å². The van der Waals surface area contributed by atoms with Gasteiger partial charge in [-0.05, 0) is 55.1 Å². The molecule has 0 aromatic heterocycles. The number of benzene rings is 2. The van der Waals surface area contributed by atoms with Gasteiger partial charge in [0, 0.05) is 4.90 Å². The average molecular weight is 295 g/mol. The number of ether oxygens (including phenoxy) is 1. The van der Waals surface area contributed by atoms with Crippen molar-refractivity contribution in [3.63, 3.8) is 0 Å². The summed E-state index contributed by atoms with van der Waals surface area (Å²) < 4.78 is 5.72. The zero-order chi connectivity index (χ0) is 13.8. The standard InChI is InChI=1S/C15H15ClO2S/c1-10(17)11-3-8-15(14(16)9-11)18-12-4-6-13(19-2)7-5-12/h3-10,17H,1-2H3/t10-/m0/s1. The molecular formula is C15H15ClO2S. The van der Waals surface area contributed by atoms with Crippen LogP contribution in [0, 0.1) is 0 Å². The van der Waals surface area contributed by atoms with Gasteiger partial charge in [0.1, 0.15) is 11.5 Å². The second-order valence-corrected chi connectivity index (χ2v) is 5.43. The minimum Gasteiger partial charge on any atom is -0.456 e. The topological polar surface area (TPSA) is 29.5 Å². The van der Waals surface area contributed by atoms with E-state index in [4.69, 9.17) is 16.3 Å². The lowest BCUT2D eigenvalue weighted by Crippen LogP contribution is -1.92. The first kappa shape index (κ1) is 14.3. The van der Waals surface area contributed by atoms with Crippen molar-refractivity contribution in [1.82, 2.24) is 0 Å². The van der Waals surface area contributed by atoms with Gasteiger partial charge in [-0.2, -0.15) is 0 Å². The quantitative estimate of drug-likeness (QED) is 0.813. The average Bonchev–Trinajstić information content (AvgIpc) is 2.41. The Balaban J connectivity index is 2.18. The van der Waals surface area contributed by atoms with Crippen LogP contribution < -0.4 is 4.74 Å². The zero-order valence-corrected chi connectivity index (χ0v) is 12.3. The van der Waals surface area contributed by atoms with Crippen LogP contribution in [0.1, 0.15) is 18.6 Å². The maximum absolute atomic E-state index is 9.48. The van der Waals surface area contributed by atoms with E-state index in [0.717, 1.165) is 11.3 Å². The van der Waals surface area contributed by atoms with Crippen molar-refractivity contribution in [3.05, 3.63) is 53.1 Å². The molecule has 0 bridgehead atoms. The Morgan fingerprint density at radius 3 is 2.37 bits per heavy atom. The van der Waals surface area contributed by atoms with Crippen molar-refractivity contribution in [2.24, 2.45) is 0 Å². The van der Waals surface area contributed by atoms with Crippen LogP contribution in [0.25, 0.3) is 0 Å². The molecule has 2 nitrogen and oxygen atoms in total. The van der Waals surface area contributed by atoms with Gasteiger partial charge < -0.3 is 9.84 Å². The van der Waals surface area contributed by atoms with E-state index in [1.807, 2.05) is 36.6 Å². The molecule has 0 spiro atoms. The highest BCUT2D eigenvalue weighted by Crippen LogP contribution is 2.32. The SMILES string of the molecule is CSc1ccc(Oc2ccc([C@H](C)O)cc2Cl)cc1. The zero-order valence-electron chi connectivity index (χ0n) is 10.8. The molecule has 0 saturated heterocycles. The van der Waals surface area contributed by atoms with E-state index in [2.05, 4.69) is 0 Å². The molecule has 19 heavy (non-hydrogen) atoms. The van der Waals surface area contributed by atoms with E-state index < -0.39 is 6.10 Å². The number of hydrogen-bond donors (Lipinski definition) is 1. The van der Waals surface area contributed by atoms with Crippen molar-refractivity contribution >= 4 is 23.4 Å². The second kappa shape index (κ2) is 6.33. The Labute approximate surface area is 122 Å². The van der Waals surface area contributed by atoms with E-state index in [1.54, 1.807) is 30.8 Å². The van der Waals surface area contributed by atoms with Gasteiger partial charge in [0.2, 0.25) is 0 Å². The third-order valence-electron chi connectivity index (χ3n) is 2.73. The summed E-state index contributed by atoms with van der Waals surface area (Å²) >= 11 is 7.82. The Kier molecular flexibility index (Phi) is 4.75. The lowest BCUT2D eigenvalue weighted by molar-refractivity contribution is 0.199. The highest BCUT2D eigenvalue weighted by atomic mass is 35.5. The number of hydrogen-bond acceptors (Lipinski definition) is 3. The number of aliphatic hydroxyl groups is 1. The fourth-order valence-electron chi connectivity index (χ4n) is 1.63. The van der Waals surface area contributed by atoms with Crippen molar-refractivity contribution in [2.75, 3.05) is 6.26 Å². The number of rotatable bonds is 4. The third kappa shape index (κ3) is 3.66. The molecular weight excluding hydrogens is 280 g/mol. The second-order valence-electron chi connectivity index (χ2n) is 4.14. The molecule has 4 heteroatoms. The van der Waals surface area contributed by atoms with Crippen LogP contribution in [0.2, 0.25) is 5.02 Å². The summed E-state index contributed by atoms with van der Waals surface area (Å²) in [6.45, 7) is 1.70. The summed E-state index contributed by atoms with van der Waals surface area (Å²) in [5.41, 5.74) is 0.773. The largest absolute Gasteiger partial charge is 0.456 e. The minimum atomic E-state index is -0.535. The van der Waals surface area contributed by atoms with Crippen LogP contribution in [-0.2, 0) is 0 Å². The number of aliphatic hydroxyl groups excluding tert-OH is 1. The summed E-state index contributed by atoms with van der Waals surface area (Å²) in [7, 11) is 0. The van der Waals surface area contributed by atoms with E-state index in [1.165, 1.54) is 4.90 Å². The normalized spacial score (nSPS) is 12.2. The fraction of sp³-hybridized carbons (Fsp3) is 0.200. The van der Waals surface area contributed by atoms with Crippen molar-refractivity contribution in [2.45, 2.75) is 17.9 Å². The van der Waals surface area contributed by atoms with Crippen LogP contribution >= 0.6 is 23.4 Å². The number of thioether (sulfide) groups is 1. The lowest BCUT2D eigenvalue weighted by Gasteiger charge is -2.10. The van der Waals surface area contributed by atoms with Crippen LogP contribution in [0.3, 0.4) is 0 Å². The Bertz CT molecular complexity index is 553. The highest BCUT2D eigenvalue weighted by molar-refractivity contribution is 7.98. The lowest BCUT2D eigenvalue weighted by atomic mass is 10.1. The summed E-state index contributed by atoms with van der Waals surface area (Å²) in [5.74, 6) is 1.33. The van der Waals surface area contributed by atoms with Gasteiger partial charge >= 0.3 is 0 Å². The first-order chi connectivity index (χ1) is 9.10. The first-order valence-corrected chi connectivity index (χ1v) is 7.50. The number of halogens is 1. The van der Waals surface area contributed by atoms with Gasteiger partial charge in [0.05, 0.1) is 11.1 Å². The molecule has 0 fully saturated rings. The van der Waals surface area contributed by atoms with Crippen LogP contribution in [0.15, 0.2) is 47.4 Å². The molecule has 2 aromatic carbocycles. The van der Waals surface area contributed by atoms with Crippen LogP contribution in [-0.4, -0.2) is 11.4 Å². The molecule has 0 unspecified atom stereocenters. The molecule has 0 aliphatic heterocycles. The monoisotopic (exact) mass is 294 g/mol. The summed E-state index contributed by atoms with van der Waals surface area (Å²) in [5, 5.41) is 9.98. The molecule has 0 heterocycles. The van der Waals surface area contributed by atoms with E-state index in [0.29, 0.717) is 10.8 Å². The van der Waals surface area contributed by atoms with Crippen molar-refractivity contribution < 1.29 is 9.84 Å². The van der Waals surface area contributed by atoms with Gasteiger partial charge in [-0.15, -0.1) is 11.8 Å².